The van der Waals surface area contributed by atoms with Crippen LogP contribution in [0.25, 0.3) is 0 Å². The number of rotatable bonds is 9. The molecule has 0 atom stereocenters. The highest BCUT2D eigenvalue weighted by molar-refractivity contribution is 6.32. The number of halogens is 1. The molecule has 2 N–H and O–H groups in total. The molecule has 144 valence electrons. The van der Waals surface area contributed by atoms with Crippen molar-refractivity contribution in [1.82, 2.24) is 10.6 Å². The highest BCUT2D eigenvalue weighted by Crippen LogP contribution is 2.37. The Hall–Kier alpha value is -2.48. The van der Waals surface area contributed by atoms with E-state index in [0.29, 0.717) is 12.3 Å². The molecule has 0 radical (unpaired) electrons. The molecular formula is C17H23ClN2O6. The summed E-state index contributed by atoms with van der Waals surface area (Å²) >= 11 is 6.14. The van der Waals surface area contributed by atoms with Gasteiger partial charge in [0.15, 0.2) is 18.1 Å². The van der Waals surface area contributed by atoms with Gasteiger partial charge in [-0.05, 0) is 32.9 Å². The maximum Gasteiger partial charge on any atom is 0.338 e. The van der Waals surface area contributed by atoms with Crippen LogP contribution in [0.5, 0.6) is 11.5 Å². The second kappa shape index (κ2) is 10.5. The van der Waals surface area contributed by atoms with E-state index < -0.39 is 18.5 Å². The lowest BCUT2D eigenvalue weighted by Gasteiger charge is -2.16. The molecule has 1 aromatic carbocycles. The highest BCUT2D eigenvalue weighted by atomic mass is 35.5. The fourth-order valence-corrected chi connectivity index (χ4v) is 2.15. The van der Waals surface area contributed by atoms with Crippen LogP contribution in [-0.4, -0.2) is 50.7 Å². The average molecular weight is 387 g/mol. The zero-order valence-corrected chi connectivity index (χ0v) is 15.9. The van der Waals surface area contributed by atoms with E-state index in [-0.39, 0.29) is 34.9 Å². The van der Waals surface area contributed by atoms with Crippen LogP contribution in [0.4, 0.5) is 0 Å². The Bertz CT molecular complexity index is 663. The summed E-state index contributed by atoms with van der Waals surface area (Å²) in [6, 6.07) is 2.79. The number of hydrogen-bond donors (Lipinski definition) is 2. The van der Waals surface area contributed by atoms with Gasteiger partial charge in [0.25, 0.3) is 5.91 Å². The van der Waals surface area contributed by atoms with E-state index >= 15 is 0 Å². The van der Waals surface area contributed by atoms with Crippen molar-refractivity contribution < 1.29 is 28.6 Å². The van der Waals surface area contributed by atoms with Gasteiger partial charge in [0.2, 0.25) is 5.91 Å². The second-order valence-corrected chi connectivity index (χ2v) is 5.87. The molecule has 1 rings (SSSR count). The number of hydrogen-bond acceptors (Lipinski definition) is 6. The number of likely N-dealkylation sites (N-methyl/N-ethyl adjacent to an activating group) is 1. The molecular weight excluding hydrogens is 364 g/mol. The first-order valence-corrected chi connectivity index (χ1v) is 8.41. The second-order valence-electron chi connectivity index (χ2n) is 5.46. The predicted octanol–water partition coefficient (Wildman–Crippen LogP) is 1.54. The van der Waals surface area contributed by atoms with Crippen molar-refractivity contribution in [3.8, 4) is 11.5 Å². The van der Waals surface area contributed by atoms with Crippen LogP contribution < -0.4 is 20.1 Å². The van der Waals surface area contributed by atoms with E-state index in [4.69, 9.17) is 25.8 Å². The fourth-order valence-electron chi connectivity index (χ4n) is 1.89. The predicted molar refractivity (Wildman–Crippen MR) is 95.7 cm³/mol. The third-order valence-electron chi connectivity index (χ3n) is 2.97. The average Bonchev–Trinajstić information content (AvgIpc) is 2.59. The van der Waals surface area contributed by atoms with Gasteiger partial charge < -0.3 is 24.8 Å². The number of nitrogens with one attached hydrogen (secondary N) is 2. The van der Waals surface area contributed by atoms with Crippen LogP contribution in [0.3, 0.4) is 0 Å². The Morgan fingerprint density at radius 3 is 2.42 bits per heavy atom. The highest BCUT2D eigenvalue weighted by Gasteiger charge is 2.18. The van der Waals surface area contributed by atoms with Crippen LogP contribution in [0.1, 0.15) is 31.1 Å². The van der Waals surface area contributed by atoms with Gasteiger partial charge in [0, 0.05) is 6.54 Å². The Morgan fingerprint density at radius 1 is 1.15 bits per heavy atom. The third-order valence-corrected chi connectivity index (χ3v) is 3.25. The molecule has 0 heterocycles. The molecule has 0 aromatic heterocycles. The lowest BCUT2D eigenvalue weighted by atomic mass is 10.2. The molecule has 1 aromatic rings. The number of ether oxygens (including phenoxy) is 3. The summed E-state index contributed by atoms with van der Waals surface area (Å²) in [6.07, 6.45) is -0.132. The van der Waals surface area contributed by atoms with E-state index in [1.807, 2.05) is 13.8 Å². The molecule has 0 aliphatic heterocycles. The van der Waals surface area contributed by atoms with Crippen molar-refractivity contribution in [2.75, 3.05) is 26.8 Å². The largest absolute Gasteiger partial charge is 0.493 e. The van der Waals surface area contributed by atoms with Gasteiger partial charge in [0.05, 0.1) is 30.3 Å². The maximum atomic E-state index is 12.1. The number of methoxy groups -OCH3 is 1. The van der Waals surface area contributed by atoms with Crippen molar-refractivity contribution in [3.05, 3.63) is 22.7 Å². The van der Waals surface area contributed by atoms with Crippen LogP contribution in [-0.2, 0) is 14.3 Å². The van der Waals surface area contributed by atoms with Gasteiger partial charge in [-0.1, -0.05) is 11.6 Å². The molecule has 0 unspecified atom stereocenters. The number of amides is 2. The summed E-state index contributed by atoms with van der Waals surface area (Å²) in [5.74, 6) is -1.08. The van der Waals surface area contributed by atoms with Crippen molar-refractivity contribution in [2.45, 2.75) is 26.9 Å². The van der Waals surface area contributed by atoms with Crippen molar-refractivity contribution >= 4 is 29.4 Å². The van der Waals surface area contributed by atoms with Gasteiger partial charge in [-0.15, -0.1) is 0 Å². The Kier molecular flexibility index (Phi) is 8.71. The molecule has 2 amide bonds. The topological polar surface area (TPSA) is 103 Å². The van der Waals surface area contributed by atoms with Gasteiger partial charge in [-0.25, -0.2) is 4.79 Å². The smallest absolute Gasteiger partial charge is 0.338 e. The first-order valence-electron chi connectivity index (χ1n) is 8.03. The quantitative estimate of drug-likeness (QED) is 0.624. The van der Waals surface area contributed by atoms with E-state index in [2.05, 4.69) is 10.6 Å². The number of esters is 1. The summed E-state index contributed by atoms with van der Waals surface area (Å²) in [5.41, 5.74) is 0.111. The molecule has 8 nitrogen and oxygen atoms in total. The minimum absolute atomic E-state index is 0.111. The first-order chi connectivity index (χ1) is 12.3. The minimum atomic E-state index is -0.755. The number of carbonyl (C=O) groups excluding carboxylic acids is 3. The third kappa shape index (κ3) is 6.79. The van der Waals surface area contributed by atoms with Gasteiger partial charge in [-0.2, -0.15) is 0 Å². The lowest BCUT2D eigenvalue weighted by Crippen LogP contribution is -2.38. The molecule has 0 aliphatic rings. The molecule has 0 fully saturated rings. The van der Waals surface area contributed by atoms with Crippen LogP contribution >= 0.6 is 11.6 Å². The van der Waals surface area contributed by atoms with E-state index in [1.54, 1.807) is 6.92 Å². The molecule has 26 heavy (non-hydrogen) atoms. The summed E-state index contributed by atoms with van der Waals surface area (Å²) in [4.78, 5) is 35.0. The van der Waals surface area contributed by atoms with Gasteiger partial charge in [-0.3, -0.25) is 9.59 Å². The lowest BCUT2D eigenvalue weighted by molar-refractivity contribution is -0.127. The van der Waals surface area contributed by atoms with Gasteiger partial charge >= 0.3 is 5.97 Å². The maximum absolute atomic E-state index is 12.1. The van der Waals surface area contributed by atoms with Crippen LogP contribution in [0.2, 0.25) is 5.02 Å². The summed E-state index contributed by atoms with van der Waals surface area (Å²) < 4.78 is 15.7. The van der Waals surface area contributed by atoms with Crippen molar-refractivity contribution in [1.29, 1.82) is 0 Å². The molecule has 0 aliphatic carbocycles. The summed E-state index contributed by atoms with van der Waals surface area (Å²) in [6.45, 7) is 5.17. The molecule has 0 bridgehead atoms. The summed E-state index contributed by atoms with van der Waals surface area (Å²) in [5, 5.41) is 5.05. The van der Waals surface area contributed by atoms with Crippen LogP contribution in [0, 0.1) is 0 Å². The van der Waals surface area contributed by atoms with E-state index in [0.717, 1.165) is 0 Å². The molecule has 0 saturated carbocycles. The Morgan fingerprint density at radius 2 is 1.85 bits per heavy atom. The van der Waals surface area contributed by atoms with E-state index in [9.17, 15) is 14.4 Å². The van der Waals surface area contributed by atoms with Gasteiger partial charge in [0.1, 0.15) is 0 Å². The zero-order valence-electron chi connectivity index (χ0n) is 15.2. The zero-order chi connectivity index (χ0) is 19.7. The van der Waals surface area contributed by atoms with Crippen molar-refractivity contribution in [2.24, 2.45) is 0 Å². The Balaban J connectivity index is 2.68. The molecule has 9 heteroatoms. The molecule has 0 spiro atoms. The number of carbonyl (C=O) groups is 3. The minimum Gasteiger partial charge on any atom is -0.493 e. The number of benzene rings is 1. The Labute approximate surface area is 157 Å². The SMILES string of the molecule is CCNC(=O)CNC(=O)COC(=O)c1cc(Cl)c(OC(C)C)c(OC)c1. The van der Waals surface area contributed by atoms with Crippen molar-refractivity contribution in [3.63, 3.8) is 0 Å². The summed E-state index contributed by atoms with van der Waals surface area (Å²) in [7, 11) is 1.42. The van der Waals surface area contributed by atoms with Crippen LogP contribution in [0.15, 0.2) is 12.1 Å². The monoisotopic (exact) mass is 386 g/mol. The normalized spacial score (nSPS) is 10.2. The fraction of sp³-hybridized carbons (Fsp3) is 0.471. The standard InChI is InChI=1S/C17H23ClN2O6/c1-5-19-14(21)8-20-15(22)9-25-17(23)11-6-12(18)16(26-10(2)3)13(7-11)24-4/h6-7,10H,5,8-9H2,1-4H3,(H,19,21)(H,20,22). The first kappa shape index (κ1) is 21.6. The molecule has 0 saturated heterocycles. The van der Waals surface area contributed by atoms with E-state index in [1.165, 1.54) is 19.2 Å².